The van der Waals surface area contributed by atoms with Crippen LogP contribution in [0.15, 0.2) is 30.5 Å². The fourth-order valence-corrected chi connectivity index (χ4v) is 9.17. The van der Waals surface area contributed by atoms with Gasteiger partial charge < -0.3 is 63.3 Å². The van der Waals surface area contributed by atoms with Crippen LogP contribution in [-0.2, 0) is 52.4 Å². The molecule has 19 heteroatoms. The number of nitrogens with zero attached hydrogens (tertiary/aromatic N) is 3. The van der Waals surface area contributed by atoms with Gasteiger partial charge in [0.2, 0.25) is 0 Å². The van der Waals surface area contributed by atoms with Gasteiger partial charge in [-0.05, 0) is 72.2 Å². The highest BCUT2D eigenvalue weighted by Crippen LogP contribution is 2.38. The molecule has 5 aliphatic rings. The van der Waals surface area contributed by atoms with Crippen molar-refractivity contribution in [2.75, 3.05) is 26.3 Å². The Labute approximate surface area is 368 Å². The van der Waals surface area contributed by atoms with Crippen molar-refractivity contribution in [3.8, 4) is 0 Å². The first-order valence-electron chi connectivity index (χ1n) is 21.4. The predicted molar refractivity (Wildman–Crippen MR) is 222 cm³/mol. The van der Waals surface area contributed by atoms with Crippen LogP contribution in [-0.4, -0.2) is 167 Å². The number of methoxy groups -OCH3 is 1. The summed E-state index contributed by atoms with van der Waals surface area (Å²) >= 11 is 6.12. The van der Waals surface area contributed by atoms with Crippen LogP contribution in [0.3, 0.4) is 0 Å². The number of aliphatic hydroxyl groups is 4. The molecule has 1 aromatic rings. The average molecular weight is 900 g/mol. The second kappa shape index (κ2) is 21.9. The molecule has 4 N–H and O–H groups in total. The molecule has 5 aliphatic heterocycles. The number of anilines is 1. The monoisotopic (exact) mass is 899 g/mol. The number of esters is 2. The van der Waals surface area contributed by atoms with Crippen molar-refractivity contribution in [2.24, 2.45) is 11.8 Å². The van der Waals surface area contributed by atoms with Gasteiger partial charge in [0.25, 0.3) is 0 Å². The average Bonchev–Trinajstić information content (AvgIpc) is 3.20. The van der Waals surface area contributed by atoms with Gasteiger partial charge in [0.1, 0.15) is 42.4 Å². The molecule has 6 heterocycles. The lowest BCUT2D eigenvalue weighted by molar-refractivity contribution is -0.344. The minimum Gasteiger partial charge on any atom is -0.462 e. The fourth-order valence-electron chi connectivity index (χ4n) is 9.06. The molecule has 0 amide bonds. The zero-order valence-electron chi connectivity index (χ0n) is 37.0. The van der Waals surface area contributed by atoms with E-state index in [4.69, 9.17) is 49.6 Å². The molecule has 0 saturated carbocycles. The SMILES string of the molecule is CCC(=O)O[C@H]1[C@H](C)O[C@@H](O[C@H]2[C@H](N(C)C)[C@@H](O)[C@H](O[C@H]3[C@@H](CC=O)C[C@@H](C)[C@@H](O)[C@H]4C=C[C@@H](C[C@@H](C)OC(=O)C[C@@H](O)[C@@H]3OC)N(c3ccc(Cl)cn3)O4)O[C@@H]2C)C[C@@]1(C)O. The third kappa shape index (κ3) is 12.1. The maximum Gasteiger partial charge on any atom is 0.308 e. The molecule has 6 rings (SSSR count). The Morgan fingerprint density at radius 2 is 1.76 bits per heavy atom. The molecule has 0 radical (unpaired) electrons. The van der Waals surface area contributed by atoms with E-state index in [1.807, 2.05) is 6.08 Å². The van der Waals surface area contributed by atoms with Crippen molar-refractivity contribution in [1.82, 2.24) is 9.88 Å². The van der Waals surface area contributed by atoms with E-state index in [0.717, 1.165) is 0 Å². The van der Waals surface area contributed by atoms with E-state index in [2.05, 4.69) is 4.98 Å². The minimum atomic E-state index is -1.50. The number of fused-ring (bicyclic) bond motifs is 12. The topological polar surface area (TPSA) is 225 Å². The molecule has 0 unspecified atom stereocenters. The van der Waals surface area contributed by atoms with Gasteiger partial charge in [0.15, 0.2) is 24.5 Å². The van der Waals surface area contributed by atoms with E-state index in [0.29, 0.717) is 17.1 Å². The third-order valence-corrected chi connectivity index (χ3v) is 12.4. The van der Waals surface area contributed by atoms with Crippen molar-refractivity contribution in [3.05, 3.63) is 35.5 Å². The number of aldehydes is 1. The highest BCUT2D eigenvalue weighted by atomic mass is 35.5. The molecule has 3 fully saturated rings. The van der Waals surface area contributed by atoms with Gasteiger partial charge in [0, 0.05) is 39.0 Å². The zero-order chi connectivity index (χ0) is 45.6. The summed E-state index contributed by atoms with van der Waals surface area (Å²) in [4.78, 5) is 50.5. The van der Waals surface area contributed by atoms with Crippen LogP contribution in [0.2, 0.25) is 5.02 Å². The van der Waals surface area contributed by atoms with Gasteiger partial charge in [-0.25, -0.2) is 10.0 Å². The molecular formula is C43H66ClN3O15. The standard InChI is InChI=1S/C43H66ClN3O15/c1-10-32(50)59-41-25(5)57-34(20-43(41,6)54)60-38-24(4)58-42(37(53)35(38)46(7)8)61-39-26(15-16-48)17-22(2)36(52)30-13-12-28(47(62-30)31-14-11-27(44)21-45-31)18-23(3)56-33(51)19-29(49)40(39)55-9/h11-14,16,21-26,28-30,34-42,49,52-54H,10,15,17-20H2,1-9H3/t22-,23-,24-,25+,26+,28+,29-,30-,34+,35-,36-,37-,38-,39+,40+,41+,42+,43-/m1/s1. The summed E-state index contributed by atoms with van der Waals surface area (Å²) in [7, 11) is 4.82. The summed E-state index contributed by atoms with van der Waals surface area (Å²) in [5, 5.41) is 48.9. The zero-order valence-corrected chi connectivity index (χ0v) is 37.8. The Morgan fingerprint density at radius 3 is 2.37 bits per heavy atom. The van der Waals surface area contributed by atoms with Gasteiger partial charge in [-0.15, -0.1) is 0 Å². The van der Waals surface area contributed by atoms with Crippen molar-refractivity contribution in [2.45, 2.75) is 177 Å². The van der Waals surface area contributed by atoms with Gasteiger partial charge in [-0.2, -0.15) is 0 Å². The van der Waals surface area contributed by atoms with Crippen molar-refractivity contribution in [1.29, 1.82) is 0 Å². The lowest BCUT2D eigenvalue weighted by Crippen LogP contribution is -2.66. The van der Waals surface area contributed by atoms with E-state index >= 15 is 0 Å². The maximum atomic E-state index is 13.4. The number of carbonyl (C=O) groups excluding carboxylic acids is 3. The second-order valence-corrected chi connectivity index (χ2v) is 17.9. The molecule has 3 saturated heterocycles. The molecule has 18 nitrogen and oxygen atoms in total. The van der Waals surface area contributed by atoms with Crippen molar-refractivity contribution >= 4 is 35.6 Å². The van der Waals surface area contributed by atoms with E-state index in [9.17, 15) is 34.8 Å². The highest BCUT2D eigenvalue weighted by molar-refractivity contribution is 6.30. The van der Waals surface area contributed by atoms with Crippen LogP contribution in [0, 0.1) is 11.8 Å². The molecule has 0 aliphatic carbocycles. The summed E-state index contributed by atoms with van der Waals surface area (Å²) in [6, 6.07) is 2.09. The smallest absolute Gasteiger partial charge is 0.308 e. The van der Waals surface area contributed by atoms with E-state index < -0.39 is 128 Å². The number of likely N-dealkylation sites (N-methyl/N-ethyl adjacent to an activating group) is 1. The minimum absolute atomic E-state index is 0.0508. The van der Waals surface area contributed by atoms with Crippen LogP contribution in [0.4, 0.5) is 5.82 Å². The van der Waals surface area contributed by atoms with E-state index in [-0.39, 0.29) is 32.1 Å². The van der Waals surface area contributed by atoms with Crippen LogP contribution in [0.5, 0.6) is 0 Å². The van der Waals surface area contributed by atoms with Gasteiger partial charge >= 0.3 is 11.9 Å². The number of carbonyl (C=O) groups is 3. The molecular weight excluding hydrogens is 834 g/mol. The maximum absolute atomic E-state index is 13.4. The number of halogens is 1. The molecule has 2 bridgehead atoms. The summed E-state index contributed by atoms with van der Waals surface area (Å²) in [6.45, 7) is 10.1. The van der Waals surface area contributed by atoms with Gasteiger partial charge in [-0.1, -0.05) is 37.6 Å². The summed E-state index contributed by atoms with van der Waals surface area (Å²) in [6.07, 6.45) is -7.97. The van der Waals surface area contributed by atoms with Crippen molar-refractivity contribution < 1.29 is 72.8 Å². The van der Waals surface area contributed by atoms with Crippen molar-refractivity contribution in [3.63, 3.8) is 0 Å². The molecule has 0 spiro atoms. The van der Waals surface area contributed by atoms with Crippen LogP contribution < -0.4 is 5.06 Å². The number of aliphatic hydroxyl groups excluding tert-OH is 3. The van der Waals surface area contributed by atoms with Crippen LogP contribution >= 0.6 is 11.6 Å². The summed E-state index contributed by atoms with van der Waals surface area (Å²) < 4.78 is 42.7. The van der Waals surface area contributed by atoms with Gasteiger partial charge in [0.05, 0.1) is 54.0 Å². The molecule has 0 aromatic carbocycles. The first-order valence-corrected chi connectivity index (χ1v) is 21.8. The first-order chi connectivity index (χ1) is 29.3. The molecule has 62 heavy (non-hydrogen) atoms. The Kier molecular flexibility index (Phi) is 17.7. The molecule has 18 atom stereocenters. The lowest BCUT2D eigenvalue weighted by Gasteiger charge is -2.50. The summed E-state index contributed by atoms with van der Waals surface area (Å²) in [5.41, 5.74) is -1.50. The number of hydrogen-bond acceptors (Lipinski definition) is 18. The highest BCUT2D eigenvalue weighted by Gasteiger charge is 2.53. The molecule has 350 valence electrons. The largest absolute Gasteiger partial charge is 0.462 e. The van der Waals surface area contributed by atoms with Crippen LogP contribution in [0.1, 0.15) is 80.1 Å². The number of pyridine rings is 1. The lowest BCUT2D eigenvalue weighted by atomic mass is 9.81. The van der Waals surface area contributed by atoms with Crippen LogP contribution in [0.25, 0.3) is 0 Å². The quantitative estimate of drug-likeness (QED) is 0.142. The number of rotatable bonds is 11. The van der Waals surface area contributed by atoms with Gasteiger partial charge in [-0.3, -0.25) is 14.4 Å². The molecule has 1 aromatic heterocycles. The van der Waals surface area contributed by atoms with E-state index in [1.165, 1.54) is 13.3 Å². The number of hydroxylamine groups is 1. The Morgan fingerprint density at radius 1 is 1.03 bits per heavy atom. The number of aromatic nitrogens is 1. The Bertz CT molecular complexity index is 1660. The fraction of sp³-hybridized carbons (Fsp3) is 0.767. The third-order valence-electron chi connectivity index (χ3n) is 12.2. The normalized spacial score (nSPS) is 41.2. The summed E-state index contributed by atoms with van der Waals surface area (Å²) in [5.74, 6) is -2.09. The Hall–Kier alpha value is -2.85. The second-order valence-electron chi connectivity index (χ2n) is 17.5. The first kappa shape index (κ1) is 50.2. The van der Waals surface area contributed by atoms with E-state index in [1.54, 1.807) is 83.8 Å². The number of ether oxygens (including phenoxy) is 7. The number of hydrogen-bond donors (Lipinski definition) is 4. The Balaban J connectivity index is 1.42. The predicted octanol–water partition coefficient (Wildman–Crippen LogP) is 2.49.